The quantitative estimate of drug-likeness (QED) is 0.277. The summed E-state index contributed by atoms with van der Waals surface area (Å²) in [6.45, 7) is 4.25. The average Bonchev–Trinajstić information content (AvgIpc) is 3.28. The van der Waals surface area contributed by atoms with Gasteiger partial charge in [0, 0.05) is 16.1 Å². The number of hydrogen-bond acceptors (Lipinski definition) is 7. The maximum absolute atomic E-state index is 14.1. The number of halogens is 1. The van der Waals surface area contributed by atoms with Crippen LogP contribution in [0.25, 0.3) is 11.8 Å². The predicted octanol–water partition coefficient (Wildman–Crippen LogP) is 5.00. The van der Waals surface area contributed by atoms with E-state index in [0.717, 1.165) is 5.56 Å². The van der Waals surface area contributed by atoms with Gasteiger partial charge in [0.25, 0.3) is 5.56 Å². The van der Waals surface area contributed by atoms with Crippen LogP contribution in [-0.2, 0) is 9.53 Å². The third kappa shape index (κ3) is 5.20. The number of hydrogen-bond donors (Lipinski definition) is 0. The molecule has 5 rings (SSSR count). The maximum atomic E-state index is 14.1. The molecule has 0 saturated carbocycles. The van der Waals surface area contributed by atoms with E-state index in [0.29, 0.717) is 49.3 Å². The molecule has 0 spiro atoms. The Kier molecular flexibility index (Phi) is 8.19. The summed E-state index contributed by atoms with van der Waals surface area (Å²) in [6.07, 6.45) is 1.77. The van der Waals surface area contributed by atoms with Crippen molar-refractivity contribution in [3.05, 3.63) is 120 Å². The number of rotatable bonds is 8. The molecule has 0 aliphatic carbocycles. The highest BCUT2D eigenvalue weighted by molar-refractivity contribution is 7.07. The SMILES string of the molecule is CCOC(=O)C1=C(c2ccccc2)N=c2s/c(=C\c3cccc(OC)c3OCC)c(=O)n2[C@@H]1c1ccc(Cl)cc1. The average molecular weight is 575 g/mol. The Balaban J connectivity index is 1.82. The number of thiazole rings is 1. The summed E-state index contributed by atoms with van der Waals surface area (Å²) in [5.74, 6) is 0.578. The van der Waals surface area contributed by atoms with Crippen molar-refractivity contribution in [3.8, 4) is 11.5 Å². The normalized spacial score (nSPS) is 14.9. The number of aromatic nitrogens is 1. The first-order valence-electron chi connectivity index (χ1n) is 12.8. The molecule has 0 unspecified atom stereocenters. The van der Waals surface area contributed by atoms with Crippen LogP contribution in [0.2, 0.25) is 5.02 Å². The Morgan fingerprint density at radius 3 is 2.45 bits per heavy atom. The zero-order valence-corrected chi connectivity index (χ0v) is 23.8. The van der Waals surface area contributed by atoms with Crippen LogP contribution in [0.3, 0.4) is 0 Å². The summed E-state index contributed by atoms with van der Waals surface area (Å²) in [6, 6.07) is 21.3. The van der Waals surface area contributed by atoms with Crippen molar-refractivity contribution in [1.29, 1.82) is 0 Å². The number of methoxy groups -OCH3 is 1. The van der Waals surface area contributed by atoms with Crippen LogP contribution in [0.5, 0.6) is 11.5 Å². The molecule has 0 amide bonds. The summed E-state index contributed by atoms with van der Waals surface area (Å²) in [5, 5.41) is 0.544. The lowest BCUT2D eigenvalue weighted by molar-refractivity contribution is -0.138. The standard InChI is InChI=1S/C31H27ClN2O5S/c1-4-38-28-21(12-9-13-23(28)37-3)18-24-29(35)34-27(20-14-16-22(32)17-15-20)25(30(36)39-5-2)26(33-31(34)40-24)19-10-7-6-8-11-19/h6-18,27H,4-5H2,1-3H3/b24-18-/t27-/m1/s1. The van der Waals surface area contributed by atoms with Gasteiger partial charge in [-0.25, -0.2) is 9.79 Å². The molecule has 0 bridgehead atoms. The Hall–Kier alpha value is -4.14. The monoisotopic (exact) mass is 574 g/mol. The van der Waals surface area contributed by atoms with E-state index in [9.17, 15) is 9.59 Å². The first kappa shape index (κ1) is 27.4. The minimum atomic E-state index is -0.776. The number of fused-ring (bicyclic) bond motifs is 1. The molecule has 0 N–H and O–H groups in total. The van der Waals surface area contributed by atoms with Gasteiger partial charge < -0.3 is 14.2 Å². The number of nitrogens with zero attached hydrogens (tertiary/aromatic N) is 2. The molecule has 2 heterocycles. The van der Waals surface area contributed by atoms with Crippen molar-refractivity contribution in [2.45, 2.75) is 19.9 Å². The van der Waals surface area contributed by atoms with E-state index in [2.05, 4.69) is 0 Å². The second-order valence-corrected chi connectivity index (χ2v) is 10.2. The van der Waals surface area contributed by atoms with E-state index in [4.69, 9.17) is 30.8 Å². The smallest absolute Gasteiger partial charge is 0.338 e. The van der Waals surface area contributed by atoms with E-state index >= 15 is 0 Å². The third-order valence-electron chi connectivity index (χ3n) is 6.36. The molecule has 0 radical (unpaired) electrons. The molecule has 1 atom stereocenters. The highest BCUT2D eigenvalue weighted by Gasteiger charge is 2.35. The van der Waals surface area contributed by atoms with Crippen LogP contribution in [0, 0.1) is 0 Å². The van der Waals surface area contributed by atoms with E-state index in [1.54, 1.807) is 36.8 Å². The summed E-state index contributed by atoms with van der Waals surface area (Å²) in [4.78, 5) is 32.9. The maximum Gasteiger partial charge on any atom is 0.338 e. The van der Waals surface area contributed by atoms with Crippen LogP contribution in [-0.4, -0.2) is 30.9 Å². The van der Waals surface area contributed by atoms with E-state index in [-0.39, 0.29) is 17.7 Å². The number of ether oxygens (including phenoxy) is 3. The predicted molar refractivity (Wildman–Crippen MR) is 157 cm³/mol. The number of carbonyl (C=O) groups excluding carboxylic acids is 1. The van der Waals surface area contributed by atoms with Gasteiger partial charge in [-0.2, -0.15) is 0 Å². The summed E-state index contributed by atoms with van der Waals surface area (Å²) < 4.78 is 18.8. The molecular formula is C31H27ClN2O5S. The zero-order valence-electron chi connectivity index (χ0n) is 22.2. The Labute approximate surface area is 240 Å². The van der Waals surface area contributed by atoms with Crippen molar-refractivity contribution in [2.75, 3.05) is 20.3 Å². The number of carbonyl (C=O) groups is 1. The number of esters is 1. The topological polar surface area (TPSA) is 79.1 Å². The van der Waals surface area contributed by atoms with Gasteiger partial charge in [0.1, 0.15) is 0 Å². The minimum absolute atomic E-state index is 0.179. The lowest BCUT2D eigenvalue weighted by Gasteiger charge is -2.26. The Morgan fingerprint density at radius 2 is 1.77 bits per heavy atom. The molecule has 9 heteroatoms. The van der Waals surface area contributed by atoms with Crippen molar-refractivity contribution in [1.82, 2.24) is 4.57 Å². The summed E-state index contributed by atoms with van der Waals surface area (Å²) in [7, 11) is 1.57. The molecule has 1 aromatic heterocycles. The molecule has 3 aromatic carbocycles. The van der Waals surface area contributed by atoms with Gasteiger partial charge in [-0.1, -0.05) is 77.5 Å². The van der Waals surface area contributed by atoms with Gasteiger partial charge in [-0.05, 0) is 43.7 Å². The lowest BCUT2D eigenvalue weighted by Crippen LogP contribution is -2.40. The molecule has 1 aliphatic heterocycles. The fraction of sp³-hybridized carbons (Fsp3) is 0.194. The lowest BCUT2D eigenvalue weighted by atomic mass is 9.93. The zero-order chi connectivity index (χ0) is 28.2. The molecule has 4 aromatic rings. The van der Waals surface area contributed by atoms with Gasteiger partial charge in [0.05, 0.1) is 42.2 Å². The van der Waals surface area contributed by atoms with Gasteiger partial charge >= 0.3 is 5.97 Å². The molecule has 40 heavy (non-hydrogen) atoms. The summed E-state index contributed by atoms with van der Waals surface area (Å²) in [5.41, 5.74) is 2.60. The molecule has 0 saturated heterocycles. The summed E-state index contributed by atoms with van der Waals surface area (Å²) >= 11 is 7.44. The number of para-hydroxylation sites is 1. The molecule has 7 nitrogen and oxygen atoms in total. The van der Waals surface area contributed by atoms with Crippen molar-refractivity contribution in [3.63, 3.8) is 0 Å². The van der Waals surface area contributed by atoms with E-state index in [1.807, 2.05) is 67.6 Å². The molecule has 1 aliphatic rings. The van der Waals surface area contributed by atoms with Gasteiger partial charge in [-0.3, -0.25) is 9.36 Å². The molecule has 0 fully saturated rings. The van der Waals surface area contributed by atoms with Crippen LogP contribution in [0.15, 0.2) is 88.2 Å². The Morgan fingerprint density at radius 1 is 1.02 bits per heavy atom. The second kappa shape index (κ2) is 11.9. The van der Waals surface area contributed by atoms with Gasteiger partial charge in [0.15, 0.2) is 16.3 Å². The Bertz CT molecular complexity index is 1760. The van der Waals surface area contributed by atoms with Crippen LogP contribution in [0.4, 0.5) is 0 Å². The van der Waals surface area contributed by atoms with Gasteiger partial charge in [-0.15, -0.1) is 0 Å². The van der Waals surface area contributed by atoms with Crippen LogP contribution < -0.4 is 24.4 Å². The minimum Gasteiger partial charge on any atom is -0.493 e. The molecular weight excluding hydrogens is 548 g/mol. The van der Waals surface area contributed by atoms with Gasteiger partial charge in [0.2, 0.25) is 0 Å². The largest absolute Gasteiger partial charge is 0.493 e. The van der Waals surface area contributed by atoms with Crippen LogP contribution >= 0.6 is 22.9 Å². The van der Waals surface area contributed by atoms with Crippen molar-refractivity contribution < 1.29 is 19.0 Å². The number of benzene rings is 3. The first-order valence-corrected chi connectivity index (χ1v) is 14.0. The third-order valence-corrected chi connectivity index (χ3v) is 7.60. The fourth-order valence-electron chi connectivity index (χ4n) is 4.65. The highest BCUT2D eigenvalue weighted by Crippen LogP contribution is 2.36. The highest BCUT2D eigenvalue weighted by atomic mass is 35.5. The van der Waals surface area contributed by atoms with Crippen molar-refractivity contribution >= 4 is 40.7 Å². The van der Waals surface area contributed by atoms with E-state index < -0.39 is 12.0 Å². The second-order valence-electron chi connectivity index (χ2n) is 8.79. The molecule has 204 valence electrons. The van der Waals surface area contributed by atoms with Crippen molar-refractivity contribution in [2.24, 2.45) is 4.99 Å². The van der Waals surface area contributed by atoms with Crippen LogP contribution in [0.1, 0.15) is 36.6 Å². The fourth-order valence-corrected chi connectivity index (χ4v) is 5.77. The van der Waals surface area contributed by atoms with E-state index in [1.165, 1.54) is 11.3 Å². The first-order chi connectivity index (χ1) is 19.5.